The smallest absolute Gasteiger partial charge is 0.268 e. The van der Waals surface area contributed by atoms with Crippen LogP contribution in [0.1, 0.15) is 16.7 Å². The molecule has 1 fully saturated rings. The van der Waals surface area contributed by atoms with Crippen LogP contribution in [0.2, 0.25) is 0 Å². The number of hydrogen-bond donors (Lipinski definition) is 0. The molecular weight excluding hydrogens is 519 g/mol. The van der Waals surface area contributed by atoms with Gasteiger partial charge in [-0.1, -0.05) is 84.9 Å². The number of nitrogens with zero attached hydrogens (tertiary/aromatic N) is 2. The summed E-state index contributed by atoms with van der Waals surface area (Å²) < 4.78 is 14.0. The number of thiocarbonyl (C=S) groups is 1. The van der Waals surface area contributed by atoms with Crippen molar-refractivity contribution in [2.24, 2.45) is 0 Å². The van der Waals surface area contributed by atoms with Gasteiger partial charge in [-0.05, 0) is 88.6 Å². The van der Waals surface area contributed by atoms with Crippen LogP contribution in [0.3, 0.4) is 0 Å². The topological polar surface area (TPSA) is 40.6 Å². The Morgan fingerprint density at radius 1 is 0.675 bits per heavy atom. The van der Waals surface area contributed by atoms with Crippen molar-refractivity contribution in [2.75, 3.05) is 9.80 Å². The third-order valence-corrected chi connectivity index (χ3v) is 7.28. The van der Waals surface area contributed by atoms with Gasteiger partial charge in [0.2, 0.25) is 0 Å². The molecule has 0 N–H and O–H groups in total. The molecule has 0 spiro atoms. The zero-order valence-electron chi connectivity index (χ0n) is 21.3. The highest BCUT2D eigenvalue weighted by atomic mass is 32.1. The van der Waals surface area contributed by atoms with Crippen LogP contribution >= 0.6 is 12.2 Å². The van der Waals surface area contributed by atoms with E-state index in [4.69, 9.17) is 12.2 Å². The maximum absolute atomic E-state index is 14.1. The van der Waals surface area contributed by atoms with Crippen molar-refractivity contribution in [1.29, 1.82) is 0 Å². The van der Waals surface area contributed by atoms with Gasteiger partial charge >= 0.3 is 0 Å². The number of amides is 2. The predicted octanol–water partition coefficient (Wildman–Crippen LogP) is 7.32. The van der Waals surface area contributed by atoms with Gasteiger partial charge in [0.1, 0.15) is 11.4 Å². The molecule has 1 heterocycles. The van der Waals surface area contributed by atoms with Crippen molar-refractivity contribution in [2.45, 2.75) is 6.42 Å². The van der Waals surface area contributed by atoms with Crippen molar-refractivity contribution in [3.05, 3.63) is 149 Å². The first-order chi connectivity index (χ1) is 19.5. The average Bonchev–Trinajstić information content (AvgIpc) is 2.97. The Kier molecular flexibility index (Phi) is 6.76. The Morgan fingerprint density at radius 3 is 1.90 bits per heavy atom. The van der Waals surface area contributed by atoms with Crippen molar-refractivity contribution in [3.8, 4) is 0 Å². The van der Waals surface area contributed by atoms with E-state index in [-0.39, 0.29) is 16.5 Å². The fourth-order valence-electron chi connectivity index (χ4n) is 5.02. The van der Waals surface area contributed by atoms with Crippen LogP contribution < -0.4 is 9.80 Å². The molecule has 5 aromatic rings. The van der Waals surface area contributed by atoms with E-state index in [1.54, 1.807) is 36.4 Å². The molecule has 1 aliphatic heterocycles. The molecule has 0 aliphatic carbocycles. The van der Waals surface area contributed by atoms with Crippen LogP contribution in [-0.4, -0.2) is 16.9 Å². The molecule has 6 heteroatoms. The standard InChI is InChI=1S/C34H23FN2O2S/c35-26-12-9-10-23(21-26)20-25-19-18-24-11-7-8-17-29(24)30(25)22-31-32(38)36(27-13-3-1-4-14-27)34(40)37(33(31)39)28-15-5-2-6-16-28/h1-19,21-22H,20H2. The molecule has 0 bridgehead atoms. The van der Waals surface area contributed by atoms with Gasteiger partial charge in [-0.2, -0.15) is 0 Å². The number of benzene rings is 5. The molecule has 0 atom stereocenters. The van der Waals surface area contributed by atoms with Crippen molar-refractivity contribution < 1.29 is 14.0 Å². The number of rotatable bonds is 5. The molecule has 1 saturated heterocycles. The summed E-state index contributed by atoms with van der Waals surface area (Å²) >= 11 is 5.73. The summed E-state index contributed by atoms with van der Waals surface area (Å²) in [5.41, 5.74) is 3.49. The van der Waals surface area contributed by atoms with E-state index in [1.165, 1.54) is 21.9 Å². The van der Waals surface area contributed by atoms with E-state index >= 15 is 0 Å². The van der Waals surface area contributed by atoms with E-state index in [2.05, 4.69) is 0 Å². The maximum atomic E-state index is 14.1. The van der Waals surface area contributed by atoms with Gasteiger partial charge in [0.05, 0.1) is 11.4 Å². The van der Waals surface area contributed by atoms with E-state index in [1.807, 2.05) is 78.9 Å². The number of anilines is 2. The summed E-state index contributed by atoms with van der Waals surface area (Å²) in [5.74, 6) is -1.32. The van der Waals surface area contributed by atoms with Crippen molar-refractivity contribution >= 4 is 57.4 Å². The Hall–Kier alpha value is -4.94. The lowest BCUT2D eigenvalue weighted by Crippen LogP contribution is -2.56. The predicted molar refractivity (Wildman–Crippen MR) is 162 cm³/mol. The first-order valence-electron chi connectivity index (χ1n) is 12.8. The largest absolute Gasteiger partial charge is 0.270 e. The summed E-state index contributed by atoms with van der Waals surface area (Å²) in [5, 5.41) is 1.93. The average molecular weight is 543 g/mol. The second kappa shape index (κ2) is 10.7. The molecule has 6 rings (SSSR count). The van der Waals surface area contributed by atoms with Gasteiger partial charge in [0.25, 0.3) is 11.8 Å². The maximum Gasteiger partial charge on any atom is 0.270 e. The van der Waals surface area contributed by atoms with Gasteiger partial charge in [-0.3, -0.25) is 19.4 Å². The van der Waals surface area contributed by atoms with Crippen molar-refractivity contribution in [1.82, 2.24) is 0 Å². The van der Waals surface area contributed by atoms with Crippen LogP contribution in [0.4, 0.5) is 15.8 Å². The molecule has 0 saturated carbocycles. The van der Waals surface area contributed by atoms with Gasteiger partial charge in [-0.25, -0.2) is 4.39 Å². The van der Waals surface area contributed by atoms with Gasteiger partial charge in [0.15, 0.2) is 5.11 Å². The lowest BCUT2D eigenvalue weighted by atomic mass is 9.92. The fourth-order valence-corrected chi connectivity index (χ4v) is 5.39. The molecule has 0 unspecified atom stereocenters. The molecule has 1 aliphatic rings. The number of para-hydroxylation sites is 2. The van der Waals surface area contributed by atoms with Crippen LogP contribution in [0.5, 0.6) is 0 Å². The number of carbonyl (C=O) groups excluding carboxylic acids is 2. The lowest BCUT2D eigenvalue weighted by molar-refractivity contribution is -0.120. The summed E-state index contributed by atoms with van der Waals surface area (Å²) in [4.78, 5) is 30.9. The summed E-state index contributed by atoms with van der Waals surface area (Å²) in [6.07, 6.45) is 2.09. The monoisotopic (exact) mass is 542 g/mol. The molecule has 4 nitrogen and oxygen atoms in total. The highest BCUT2D eigenvalue weighted by Gasteiger charge is 2.41. The fraction of sp³-hybridized carbons (Fsp3) is 0.0294. The summed E-state index contributed by atoms with van der Waals surface area (Å²) in [7, 11) is 0. The molecular formula is C34H23FN2O2S. The number of fused-ring (bicyclic) bond motifs is 1. The van der Waals surface area contributed by atoms with Gasteiger partial charge < -0.3 is 0 Å². The second-order valence-electron chi connectivity index (χ2n) is 9.46. The van der Waals surface area contributed by atoms with Crippen LogP contribution in [0.15, 0.2) is 127 Å². The molecule has 0 aromatic heterocycles. The minimum Gasteiger partial charge on any atom is -0.268 e. The third kappa shape index (κ3) is 4.70. The minimum atomic E-state index is -0.502. The third-order valence-electron chi connectivity index (χ3n) is 6.91. The molecule has 2 amide bonds. The first kappa shape index (κ1) is 25.3. The van der Waals surface area contributed by atoms with Crippen LogP contribution in [0.25, 0.3) is 16.8 Å². The van der Waals surface area contributed by atoms with Crippen LogP contribution in [-0.2, 0) is 16.0 Å². The normalized spacial score (nSPS) is 13.7. The Labute approximate surface area is 236 Å². The quantitative estimate of drug-likeness (QED) is 0.133. The van der Waals surface area contributed by atoms with E-state index in [0.29, 0.717) is 17.8 Å². The Bertz CT molecular complexity index is 1740. The Balaban J connectivity index is 1.55. The summed E-state index contributed by atoms with van der Waals surface area (Å²) in [6.45, 7) is 0. The molecule has 5 aromatic carbocycles. The van der Waals surface area contributed by atoms with Crippen LogP contribution in [0, 0.1) is 5.82 Å². The zero-order valence-corrected chi connectivity index (χ0v) is 22.1. The molecule has 194 valence electrons. The molecule has 40 heavy (non-hydrogen) atoms. The highest BCUT2D eigenvalue weighted by molar-refractivity contribution is 7.81. The first-order valence-corrected chi connectivity index (χ1v) is 13.2. The second-order valence-corrected chi connectivity index (χ2v) is 9.82. The Morgan fingerprint density at radius 2 is 1.27 bits per heavy atom. The van der Waals surface area contributed by atoms with Crippen molar-refractivity contribution in [3.63, 3.8) is 0 Å². The minimum absolute atomic E-state index is 0.0156. The zero-order chi connectivity index (χ0) is 27.6. The van der Waals surface area contributed by atoms with E-state index in [0.717, 1.165) is 27.5 Å². The summed E-state index contributed by atoms with van der Waals surface area (Å²) in [6, 6.07) is 36.3. The van der Waals surface area contributed by atoms with Gasteiger partial charge in [0, 0.05) is 0 Å². The van der Waals surface area contributed by atoms with Gasteiger partial charge in [-0.15, -0.1) is 0 Å². The number of halogens is 1. The number of carbonyl (C=O) groups is 2. The highest BCUT2D eigenvalue weighted by Crippen LogP contribution is 2.32. The lowest BCUT2D eigenvalue weighted by Gasteiger charge is -2.36. The van der Waals surface area contributed by atoms with E-state index < -0.39 is 11.8 Å². The van der Waals surface area contributed by atoms with E-state index in [9.17, 15) is 14.0 Å². The number of hydrogen-bond acceptors (Lipinski definition) is 3. The SMILES string of the molecule is O=C1C(=Cc2c(Cc3cccc(F)c3)ccc3ccccc23)C(=O)N(c2ccccc2)C(=S)N1c1ccccc1. The molecule has 0 radical (unpaired) electrons.